The lowest BCUT2D eigenvalue weighted by Gasteiger charge is -2.57. The Balaban J connectivity index is 1.06. The van der Waals surface area contributed by atoms with Gasteiger partial charge in [0.15, 0.2) is 5.60 Å². The van der Waals surface area contributed by atoms with Gasteiger partial charge in [-0.3, -0.25) is 0 Å². The van der Waals surface area contributed by atoms with E-state index in [9.17, 15) is 9.90 Å². The number of hydrogen-bond acceptors (Lipinski definition) is 8. The number of ether oxygens (including phenoxy) is 3. The first-order valence-electron chi connectivity index (χ1n) is 12.7. The number of aromatic nitrogens is 3. The van der Waals surface area contributed by atoms with E-state index >= 15 is 0 Å². The third kappa shape index (κ3) is 4.09. The number of aliphatic hydroxyl groups is 1. The van der Waals surface area contributed by atoms with Gasteiger partial charge in [-0.05, 0) is 85.8 Å². The topological polar surface area (TPSA) is 122 Å². The van der Waals surface area contributed by atoms with Crippen molar-refractivity contribution < 1.29 is 24.1 Å². The zero-order chi connectivity index (χ0) is 25.1. The Morgan fingerprint density at radius 2 is 1.92 bits per heavy atom. The van der Waals surface area contributed by atoms with Crippen LogP contribution in [0.2, 0.25) is 5.28 Å². The Bertz CT molecular complexity index is 1190. The highest BCUT2D eigenvalue weighted by molar-refractivity contribution is 6.28. The van der Waals surface area contributed by atoms with E-state index < -0.39 is 24.1 Å². The minimum absolute atomic E-state index is 0.00123. The summed E-state index contributed by atoms with van der Waals surface area (Å²) in [6, 6.07) is 1.74. The van der Waals surface area contributed by atoms with Crippen molar-refractivity contribution in [2.45, 2.75) is 69.3 Å². The van der Waals surface area contributed by atoms with Crippen molar-refractivity contribution in [1.29, 1.82) is 0 Å². The van der Waals surface area contributed by atoms with Crippen LogP contribution >= 0.6 is 11.6 Å². The normalized spacial score (nSPS) is 36.8. The summed E-state index contributed by atoms with van der Waals surface area (Å²) in [7, 11) is 0. The maximum absolute atomic E-state index is 12.4. The van der Waals surface area contributed by atoms with Crippen LogP contribution in [0.3, 0.4) is 0 Å². The summed E-state index contributed by atoms with van der Waals surface area (Å²) >= 11 is 5.98. The lowest BCUT2D eigenvalue weighted by atomic mass is 9.49. The van der Waals surface area contributed by atoms with Gasteiger partial charge in [-0.25, -0.2) is 9.78 Å². The molecule has 36 heavy (non-hydrogen) atoms. The molecular weight excluding hydrogens is 484 g/mol. The van der Waals surface area contributed by atoms with E-state index in [1.807, 2.05) is 0 Å². The molecule has 4 aliphatic carbocycles. The molecule has 7 rings (SSSR count). The number of anilines is 1. The molecular formula is C26H31ClN4O5. The number of carbonyl (C=O) groups is 1. The summed E-state index contributed by atoms with van der Waals surface area (Å²) in [6.07, 6.45) is 13.9. The van der Waals surface area contributed by atoms with Crippen molar-refractivity contribution in [2.75, 3.05) is 18.9 Å². The van der Waals surface area contributed by atoms with Crippen molar-refractivity contribution in [1.82, 2.24) is 14.5 Å². The lowest BCUT2D eigenvalue weighted by molar-refractivity contribution is -0.100. The smallest absolute Gasteiger partial charge is 0.434 e. The third-order valence-corrected chi connectivity index (χ3v) is 9.03. The summed E-state index contributed by atoms with van der Waals surface area (Å²) in [5.74, 6) is 5.28. The average molecular weight is 515 g/mol. The lowest BCUT2D eigenvalue weighted by Crippen LogP contribution is -2.46. The predicted molar refractivity (Wildman–Crippen MR) is 132 cm³/mol. The Hall–Kier alpha value is -2.54. The van der Waals surface area contributed by atoms with Gasteiger partial charge in [-0.2, -0.15) is 4.98 Å². The molecule has 5 aliphatic rings. The molecule has 0 radical (unpaired) electrons. The fraction of sp³-hybridized carbons (Fsp3) is 0.654. The molecule has 0 amide bonds. The number of nitrogens with two attached hydrogens (primary N) is 1. The molecule has 4 saturated carbocycles. The molecule has 3 heterocycles. The highest BCUT2D eigenvalue weighted by atomic mass is 35.5. The molecule has 1 saturated heterocycles. The summed E-state index contributed by atoms with van der Waals surface area (Å²) in [6.45, 7) is 0.00573. The third-order valence-electron chi connectivity index (χ3n) is 8.86. The standard InChI is InChI=1S/C26H31ClN4O5/c1-2-26(19(32)10-20(36-26)31-5-3-18-21(28)29-23(27)30-22(18)31)14-35-24(33)34-6-4-25-11-15-7-16(12-25)9-17(8-15)13-25/h1,3,5,15-17,19-20,32H,4,6-14H2,(H2,28,29,30)/t15?,16?,17?,19-,20+,25?,26+/m0/s1. The number of nitrogens with zero attached hydrogens (tertiary/aromatic N) is 3. The summed E-state index contributed by atoms with van der Waals surface area (Å²) in [5, 5.41) is 11.4. The van der Waals surface area contributed by atoms with Gasteiger partial charge in [-0.15, -0.1) is 6.42 Å². The monoisotopic (exact) mass is 514 g/mol. The van der Waals surface area contributed by atoms with Crippen molar-refractivity contribution in [3.05, 3.63) is 17.5 Å². The minimum Gasteiger partial charge on any atom is -0.434 e. The second-order valence-corrected chi connectivity index (χ2v) is 11.6. The van der Waals surface area contributed by atoms with E-state index in [1.54, 1.807) is 16.8 Å². The summed E-state index contributed by atoms with van der Waals surface area (Å²) in [5.41, 5.74) is 5.21. The second kappa shape index (κ2) is 8.79. The van der Waals surface area contributed by atoms with E-state index in [-0.39, 0.29) is 24.1 Å². The first-order chi connectivity index (χ1) is 17.3. The SMILES string of the molecule is C#C[C@]1(COC(=O)OCCC23CC4CC(CC(C4)C2)C3)O[C@@H](n2ccc3c(N)nc(Cl)nc32)C[C@@H]1O. The number of carbonyl (C=O) groups excluding carboxylic acids is 1. The summed E-state index contributed by atoms with van der Waals surface area (Å²) < 4.78 is 18.5. The number of halogens is 1. The van der Waals surface area contributed by atoms with Crippen molar-refractivity contribution in [3.8, 4) is 12.3 Å². The molecule has 2 aromatic rings. The van der Waals surface area contributed by atoms with Crippen LogP contribution in [-0.4, -0.2) is 50.7 Å². The Morgan fingerprint density at radius 1 is 1.22 bits per heavy atom. The number of aliphatic hydroxyl groups excluding tert-OH is 1. The molecule has 1 aliphatic heterocycles. The summed E-state index contributed by atoms with van der Waals surface area (Å²) in [4.78, 5) is 20.6. The van der Waals surface area contributed by atoms with E-state index in [2.05, 4.69) is 15.9 Å². The Morgan fingerprint density at radius 3 is 2.58 bits per heavy atom. The van der Waals surface area contributed by atoms with Crippen LogP contribution in [0.15, 0.2) is 12.3 Å². The quantitative estimate of drug-likeness (QED) is 0.336. The highest BCUT2D eigenvalue weighted by Crippen LogP contribution is 2.61. The van der Waals surface area contributed by atoms with Gasteiger partial charge in [0, 0.05) is 12.6 Å². The molecule has 9 nitrogen and oxygen atoms in total. The van der Waals surface area contributed by atoms with E-state index in [0.29, 0.717) is 23.1 Å². The highest BCUT2D eigenvalue weighted by Gasteiger charge is 2.51. The van der Waals surface area contributed by atoms with Crippen molar-refractivity contribution in [3.63, 3.8) is 0 Å². The van der Waals surface area contributed by atoms with Crippen molar-refractivity contribution >= 4 is 34.6 Å². The van der Waals surface area contributed by atoms with Gasteiger partial charge in [0.25, 0.3) is 0 Å². The molecule has 2 aromatic heterocycles. The number of nitrogen functional groups attached to an aromatic ring is 1. The van der Waals surface area contributed by atoms with Gasteiger partial charge in [0.1, 0.15) is 30.4 Å². The first-order valence-corrected chi connectivity index (χ1v) is 13.1. The number of rotatable bonds is 6. The molecule has 192 valence electrons. The maximum atomic E-state index is 12.4. The van der Waals surface area contributed by atoms with Gasteiger partial charge in [0.2, 0.25) is 5.28 Å². The van der Waals surface area contributed by atoms with Gasteiger partial charge in [-0.1, -0.05) is 5.92 Å². The van der Waals surface area contributed by atoms with Gasteiger partial charge >= 0.3 is 6.16 Å². The fourth-order valence-electron chi connectivity index (χ4n) is 7.64. The molecule has 5 fully saturated rings. The van der Waals surface area contributed by atoms with Gasteiger partial charge in [0.05, 0.1) is 12.0 Å². The zero-order valence-electron chi connectivity index (χ0n) is 20.1. The molecule has 0 aromatic carbocycles. The molecule has 3 atom stereocenters. The van der Waals surface area contributed by atoms with Crippen molar-refractivity contribution in [2.24, 2.45) is 23.2 Å². The minimum atomic E-state index is -1.51. The van der Waals surface area contributed by atoms with Crippen LogP contribution in [0.25, 0.3) is 11.0 Å². The molecule has 10 heteroatoms. The molecule has 3 N–H and O–H groups in total. The average Bonchev–Trinajstić information content (AvgIpc) is 3.38. The molecule has 4 bridgehead atoms. The first kappa shape index (κ1) is 23.8. The van der Waals surface area contributed by atoms with E-state index in [0.717, 1.165) is 24.2 Å². The number of terminal acetylenes is 1. The van der Waals surface area contributed by atoms with Gasteiger partial charge < -0.3 is 29.6 Å². The largest absolute Gasteiger partial charge is 0.508 e. The van der Waals surface area contributed by atoms with Crippen LogP contribution in [0.5, 0.6) is 0 Å². The second-order valence-electron chi connectivity index (χ2n) is 11.3. The predicted octanol–water partition coefficient (Wildman–Crippen LogP) is 4.08. The van der Waals surface area contributed by atoms with Crippen LogP contribution in [0.1, 0.15) is 57.6 Å². The Labute approximate surface area is 214 Å². The number of hydrogen-bond donors (Lipinski definition) is 2. The van der Waals surface area contributed by atoms with Crippen LogP contribution in [0, 0.1) is 35.5 Å². The molecule has 0 spiro atoms. The maximum Gasteiger partial charge on any atom is 0.508 e. The molecule has 0 unspecified atom stereocenters. The van der Waals surface area contributed by atoms with Crippen LogP contribution < -0.4 is 5.73 Å². The van der Waals surface area contributed by atoms with E-state index in [1.165, 1.54) is 38.5 Å². The van der Waals surface area contributed by atoms with Crippen LogP contribution in [0.4, 0.5) is 10.6 Å². The van der Waals surface area contributed by atoms with E-state index in [4.69, 9.17) is 38.0 Å². The number of fused-ring (bicyclic) bond motifs is 1. The Kier molecular flexibility index (Phi) is 5.82. The zero-order valence-corrected chi connectivity index (χ0v) is 20.8. The fourth-order valence-corrected chi connectivity index (χ4v) is 7.81. The van der Waals surface area contributed by atoms with Crippen LogP contribution in [-0.2, 0) is 14.2 Å².